The highest BCUT2D eigenvalue weighted by Gasteiger charge is 2.07. The molecule has 0 fully saturated rings. The number of halogens is 1. The first-order valence-corrected chi connectivity index (χ1v) is 7.24. The lowest BCUT2D eigenvalue weighted by atomic mass is 10.2. The van der Waals surface area contributed by atoms with Gasteiger partial charge in [0.15, 0.2) is 0 Å². The van der Waals surface area contributed by atoms with Gasteiger partial charge in [-0.3, -0.25) is 0 Å². The van der Waals surface area contributed by atoms with E-state index in [2.05, 4.69) is 9.97 Å². The molecule has 106 valence electrons. The summed E-state index contributed by atoms with van der Waals surface area (Å²) in [4.78, 5) is 9.46. The van der Waals surface area contributed by atoms with Gasteiger partial charge in [0.05, 0.1) is 12.1 Å². The van der Waals surface area contributed by atoms with E-state index in [1.165, 1.54) is 30.2 Å². The van der Waals surface area contributed by atoms with E-state index in [4.69, 9.17) is 4.74 Å². The fourth-order valence-corrected chi connectivity index (χ4v) is 2.89. The summed E-state index contributed by atoms with van der Waals surface area (Å²) in [7, 11) is 1.67. The topological polar surface area (TPSA) is 35.0 Å². The Labute approximate surface area is 126 Å². The summed E-state index contributed by atoms with van der Waals surface area (Å²) in [5, 5.41) is 1.47. The van der Waals surface area contributed by atoms with Gasteiger partial charge in [0.25, 0.3) is 0 Å². The summed E-state index contributed by atoms with van der Waals surface area (Å²) in [6.45, 7) is 0.590. The molecule has 3 nitrogen and oxygen atoms in total. The third-order valence-corrected chi connectivity index (χ3v) is 4.04. The molecule has 0 saturated heterocycles. The standard InChI is InChI=1S/C16H13FN2OS/c1-20-9-11-2-5-13(6-3-11)21-16-14-8-12(17)4-7-15(14)18-10-19-16/h2-8,10H,9H2,1H3. The minimum absolute atomic E-state index is 0.283. The Morgan fingerprint density at radius 3 is 2.67 bits per heavy atom. The molecule has 0 aliphatic heterocycles. The molecule has 5 heteroatoms. The molecule has 3 rings (SSSR count). The number of aromatic nitrogens is 2. The molecule has 0 saturated carbocycles. The van der Waals surface area contributed by atoms with Crippen molar-refractivity contribution in [3.8, 4) is 0 Å². The van der Waals surface area contributed by atoms with E-state index in [9.17, 15) is 4.39 Å². The lowest BCUT2D eigenvalue weighted by Gasteiger charge is -2.06. The number of hydrogen-bond donors (Lipinski definition) is 0. The summed E-state index contributed by atoms with van der Waals surface area (Å²) in [5.74, 6) is -0.283. The fraction of sp³-hybridized carbons (Fsp3) is 0.125. The second-order valence-corrected chi connectivity index (χ2v) is 5.58. The second kappa shape index (κ2) is 6.20. The number of ether oxygens (including phenoxy) is 1. The summed E-state index contributed by atoms with van der Waals surface area (Å²) < 4.78 is 18.5. The van der Waals surface area contributed by atoms with Crippen molar-refractivity contribution in [2.75, 3.05) is 7.11 Å². The Kier molecular flexibility index (Phi) is 4.13. The Hall–Kier alpha value is -1.98. The van der Waals surface area contributed by atoms with E-state index in [1.807, 2.05) is 24.3 Å². The van der Waals surface area contributed by atoms with Crippen molar-refractivity contribution >= 4 is 22.7 Å². The lowest BCUT2D eigenvalue weighted by molar-refractivity contribution is 0.185. The van der Waals surface area contributed by atoms with Crippen molar-refractivity contribution in [1.82, 2.24) is 9.97 Å². The molecular weight excluding hydrogens is 287 g/mol. The molecule has 0 amide bonds. The summed E-state index contributed by atoms with van der Waals surface area (Å²) in [6, 6.07) is 12.6. The van der Waals surface area contributed by atoms with Crippen LogP contribution in [-0.2, 0) is 11.3 Å². The third-order valence-electron chi connectivity index (χ3n) is 3.01. The van der Waals surface area contributed by atoms with Crippen LogP contribution in [0.15, 0.2) is 58.7 Å². The fourth-order valence-electron chi connectivity index (χ4n) is 2.02. The van der Waals surface area contributed by atoms with Crippen molar-refractivity contribution in [1.29, 1.82) is 0 Å². The van der Waals surface area contributed by atoms with Gasteiger partial charge in [-0.1, -0.05) is 23.9 Å². The number of methoxy groups -OCH3 is 1. The number of rotatable bonds is 4. The van der Waals surface area contributed by atoms with E-state index in [0.717, 1.165) is 26.4 Å². The molecule has 2 aromatic carbocycles. The average Bonchev–Trinajstić information content (AvgIpc) is 2.50. The van der Waals surface area contributed by atoms with Gasteiger partial charge in [0.2, 0.25) is 0 Å². The van der Waals surface area contributed by atoms with Crippen molar-refractivity contribution in [3.05, 3.63) is 60.2 Å². The Bertz CT molecular complexity index is 762. The minimum atomic E-state index is -0.283. The summed E-state index contributed by atoms with van der Waals surface area (Å²) in [6.07, 6.45) is 1.50. The van der Waals surface area contributed by atoms with Gasteiger partial charge in [0, 0.05) is 17.4 Å². The van der Waals surface area contributed by atoms with Crippen LogP contribution >= 0.6 is 11.8 Å². The molecule has 1 heterocycles. The van der Waals surface area contributed by atoms with E-state index in [0.29, 0.717) is 6.61 Å². The maximum Gasteiger partial charge on any atom is 0.124 e. The average molecular weight is 300 g/mol. The Morgan fingerprint density at radius 2 is 1.90 bits per heavy atom. The van der Waals surface area contributed by atoms with Crippen LogP contribution in [0.3, 0.4) is 0 Å². The molecule has 0 spiro atoms. The van der Waals surface area contributed by atoms with Crippen LogP contribution in [0, 0.1) is 5.82 Å². The van der Waals surface area contributed by atoms with Gasteiger partial charge in [-0.15, -0.1) is 0 Å². The van der Waals surface area contributed by atoms with E-state index in [-0.39, 0.29) is 5.82 Å². The monoisotopic (exact) mass is 300 g/mol. The first kappa shape index (κ1) is 14.0. The molecule has 0 aliphatic rings. The molecule has 0 radical (unpaired) electrons. The summed E-state index contributed by atoms with van der Waals surface area (Å²) >= 11 is 1.49. The van der Waals surface area contributed by atoms with Crippen LogP contribution < -0.4 is 0 Å². The van der Waals surface area contributed by atoms with Gasteiger partial charge in [-0.05, 0) is 35.9 Å². The predicted octanol–water partition coefficient (Wildman–Crippen LogP) is 4.07. The molecule has 0 N–H and O–H groups in total. The number of nitrogens with zero attached hydrogens (tertiary/aromatic N) is 2. The Balaban J connectivity index is 1.92. The first-order valence-electron chi connectivity index (χ1n) is 6.42. The number of fused-ring (bicyclic) bond motifs is 1. The van der Waals surface area contributed by atoms with Gasteiger partial charge in [-0.2, -0.15) is 0 Å². The molecule has 3 aromatic rings. The van der Waals surface area contributed by atoms with Crippen molar-refractivity contribution < 1.29 is 9.13 Å². The van der Waals surface area contributed by atoms with Crippen LogP contribution in [0.25, 0.3) is 10.9 Å². The van der Waals surface area contributed by atoms with Crippen molar-refractivity contribution in [2.24, 2.45) is 0 Å². The highest BCUT2D eigenvalue weighted by atomic mass is 32.2. The second-order valence-electron chi connectivity index (χ2n) is 4.52. The molecule has 0 bridgehead atoms. The molecule has 1 aromatic heterocycles. The van der Waals surface area contributed by atoms with Crippen LogP contribution in [0.1, 0.15) is 5.56 Å². The smallest absolute Gasteiger partial charge is 0.124 e. The normalized spacial score (nSPS) is 11.0. The van der Waals surface area contributed by atoms with Crippen LogP contribution in [0.5, 0.6) is 0 Å². The van der Waals surface area contributed by atoms with Crippen LogP contribution in [0.4, 0.5) is 4.39 Å². The molecule has 0 aliphatic carbocycles. The molecule has 21 heavy (non-hydrogen) atoms. The van der Waals surface area contributed by atoms with Crippen molar-refractivity contribution in [3.63, 3.8) is 0 Å². The third kappa shape index (κ3) is 3.20. The number of hydrogen-bond acceptors (Lipinski definition) is 4. The van der Waals surface area contributed by atoms with Gasteiger partial charge >= 0.3 is 0 Å². The minimum Gasteiger partial charge on any atom is -0.380 e. The first-order chi connectivity index (χ1) is 10.3. The van der Waals surface area contributed by atoms with E-state index >= 15 is 0 Å². The zero-order valence-corrected chi connectivity index (χ0v) is 12.2. The van der Waals surface area contributed by atoms with Crippen molar-refractivity contribution in [2.45, 2.75) is 16.5 Å². The molecular formula is C16H13FN2OS. The van der Waals surface area contributed by atoms with Gasteiger partial charge in [0.1, 0.15) is 17.2 Å². The zero-order chi connectivity index (χ0) is 14.7. The zero-order valence-electron chi connectivity index (χ0n) is 11.4. The van der Waals surface area contributed by atoms with Gasteiger partial charge < -0.3 is 4.74 Å². The maximum atomic E-state index is 13.4. The largest absolute Gasteiger partial charge is 0.380 e. The molecule has 0 atom stereocenters. The van der Waals surface area contributed by atoms with Gasteiger partial charge in [-0.25, -0.2) is 14.4 Å². The summed E-state index contributed by atoms with van der Waals surface area (Å²) in [5.41, 5.74) is 1.85. The van der Waals surface area contributed by atoms with E-state index < -0.39 is 0 Å². The molecule has 0 unspecified atom stereocenters. The van der Waals surface area contributed by atoms with Crippen LogP contribution in [-0.4, -0.2) is 17.1 Å². The predicted molar refractivity (Wildman–Crippen MR) is 80.8 cm³/mol. The van der Waals surface area contributed by atoms with E-state index in [1.54, 1.807) is 13.2 Å². The number of benzene rings is 2. The Morgan fingerprint density at radius 1 is 1.10 bits per heavy atom. The lowest BCUT2D eigenvalue weighted by Crippen LogP contribution is -1.89. The maximum absolute atomic E-state index is 13.4. The highest BCUT2D eigenvalue weighted by Crippen LogP contribution is 2.31. The highest BCUT2D eigenvalue weighted by molar-refractivity contribution is 7.99. The van der Waals surface area contributed by atoms with Crippen LogP contribution in [0.2, 0.25) is 0 Å². The quantitative estimate of drug-likeness (QED) is 0.680. The SMILES string of the molecule is COCc1ccc(Sc2ncnc3ccc(F)cc23)cc1.